The third kappa shape index (κ3) is 9.46. The van der Waals surface area contributed by atoms with Crippen molar-refractivity contribution in [3.8, 4) is 0 Å². The van der Waals surface area contributed by atoms with E-state index in [0.29, 0.717) is 50.5 Å². The lowest BCUT2D eigenvalue weighted by molar-refractivity contribution is -0.130. The number of Topliss-reactive ketones (excluding diaryl/α,β-unsaturated/α-hetero) is 2. The Morgan fingerprint density at radius 2 is 1.90 bits per heavy atom. The molecule has 7 nitrogen and oxygen atoms in total. The molecule has 2 aliphatic rings. The van der Waals surface area contributed by atoms with Crippen LogP contribution in [0.5, 0.6) is 0 Å². The Balaban J connectivity index is 1.42. The van der Waals surface area contributed by atoms with Gasteiger partial charge < -0.3 is 14.8 Å². The quantitative estimate of drug-likeness (QED) is 0.290. The predicted octanol–water partition coefficient (Wildman–Crippen LogP) is 5.42. The van der Waals surface area contributed by atoms with Gasteiger partial charge in [-0.25, -0.2) is 4.98 Å². The van der Waals surface area contributed by atoms with Crippen molar-refractivity contribution >= 4 is 50.8 Å². The summed E-state index contributed by atoms with van der Waals surface area (Å²) in [4.78, 5) is 46.0. The van der Waals surface area contributed by atoms with Gasteiger partial charge in [0.15, 0.2) is 5.78 Å². The highest BCUT2D eigenvalue weighted by molar-refractivity contribution is 7.99. The van der Waals surface area contributed by atoms with E-state index in [2.05, 4.69) is 42.8 Å². The second kappa shape index (κ2) is 15.4. The molecule has 2 saturated heterocycles. The fraction of sp³-hybridized carbons (Fsp3) is 0.625. The number of aromatic nitrogens is 1. The van der Waals surface area contributed by atoms with Crippen molar-refractivity contribution in [3.05, 3.63) is 40.9 Å². The van der Waals surface area contributed by atoms with Gasteiger partial charge in [-0.2, -0.15) is 11.8 Å². The van der Waals surface area contributed by atoms with Gasteiger partial charge in [-0.3, -0.25) is 14.5 Å². The van der Waals surface area contributed by atoms with Crippen molar-refractivity contribution in [2.24, 2.45) is 11.8 Å². The monoisotopic (exact) mass is 599 g/mol. The van der Waals surface area contributed by atoms with Gasteiger partial charge in [0.2, 0.25) is 5.91 Å². The molecule has 224 valence electrons. The lowest BCUT2D eigenvalue weighted by atomic mass is 9.87. The number of carbonyl (C=O) groups excluding carboxylic acids is 3. The van der Waals surface area contributed by atoms with E-state index in [9.17, 15) is 14.4 Å². The Labute approximate surface area is 252 Å². The van der Waals surface area contributed by atoms with Crippen molar-refractivity contribution < 1.29 is 19.1 Å². The van der Waals surface area contributed by atoms with Crippen LogP contribution in [0.25, 0.3) is 10.2 Å². The molecule has 2 fully saturated rings. The van der Waals surface area contributed by atoms with Crippen molar-refractivity contribution in [1.82, 2.24) is 15.2 Å². The van der Waals surface area contributed by atoms with E-state index < -0.39 is 5.92 Å². The van der Waals surface area contributed by atoms with Crippen LogP contribution in [0.1, 0.15) is 69.4 Å². The van der Waals surface area contributed by atoms with Gasteiger partial charge in [0.05, 0.1) is 21.1 Å². The summed E-state index contributed by atoms with van der Waals surface area (Å²) in [6, 6.07) is 6.18. The van der Waals surface area contributed by atoms with Crippen LogP contribution in [-0.4, -0.2) is 77.8 Å². The number of thiazole rings is 1. The smallest absolute Gasteiger partial charge is 0.224 e. The Bertz CT molecular complexity index is 1210. The standard InChI is InChI=1S/C32H45N3O4S2/c1-21(2)25-5-6-28-30(18-25)41-31(33-28)19-26(17-23(4)36)32(38)34-27(24-9-13-39-14-10-24)7-8-29(37)22(3)20-35-11-15-40-16-12-35/h5-6,18,21,24,26-27H,3,7-17,19-20H2,1-2,4H3,(H,34,38)/t26-,27+/m0/s1. The third-order valence-electron chi connectivity index (χ3n) is 8.21. The first-order valence-electron chi connectivity index (χ1n) is 15.0. The third-order valence-corrected chi connectivity index (χ3v) is 10.2. The Morgan fingerprint density at radius 3 is 2.59 bits per heavy atom. The maximum absolute atomic E-state index is 13.7. The number of ether oxygens (including phenoxy) is 1. The van der Waals surface area contributed by atoms with Crippen LogP contribution in [0.4, 0.5) is 0 Å². The Morgan fingerprint density at radius 1 is 1.17 bits per heavy atom. The Kier molecular flexibility index (Phi) is 12.0. The number of hydrogen-bond acceptors (Lipinski definition) is 8. The zero-order valence-corrected chi connectivity index (χ0v) is 26.4. The molecule has 0 radical (unpaired) electrons. The van der Waals surface area contributed by atoms with E-state index in [1.54, 1.807) is 11.3 Å². The number of hydrogen-bond donors (Lipinski definition) is 1. The van der Waals surface area contributed by atoms with Crippen LogP contribution in [0.2, 0.25) is 0 Å². The maximum Gasteiger partial charge on any atom is 0.224 e. The van der Waals surface area contributed by atoms with E-state index in [4.69, 9.17) is 9.72 Å². The van der Waals surface area contributed by atoms with Gasteiger partial charge >= 0.3 is 0 Å². The van der Waals surface area contributed by atoms with E-state index in [1.807, 2.05) is 17.8 Å². The van der Waals surface area contributed by atoms with Gasteiger partial charge in [-0.15, -0.1) is 11.3 Å². The molecule has 2 atom stereocenters. The Hall–Kier alpha value is -2.07. The summed E-state index contributed by atoms with van der Waals surface area (Å²) in [6.07, 6.45) is 3.21. The summed E-state index contributed by atoms with van der Waals surface area (Å²) in [5.74, 6) is 2.29. The van der Waals surface area contributed by atoms with E-state index >= 15 is 0 Å². The van der Waals surface area contributed by atoms with Crippen molar-refractivity contribution in [2.45, 2.75) is 71.3 Å². The first-order chi connectivity index (χ1) is 19.7. The normalized spacial score (nSPS) is 18.3. The summed E-state index contributed by atoms with van der Waals surface area (Å²) >= 11 is 3.55. The van der Waals surface area contributed by atoms with Gasteiger partial charge in [0, 0.05) is 75.2 Å². The fourth-order valence-corrected chi connectivity index (χ4v) is 7.75. The molecule has 4 rings (SSSR count). The molecule has 0 bridgehead atoms. The van der Waals surface area contributed by atoms with Crippen LogP contribution in [0, 0.1) is 11.8 Å². The molecule has 41 heavy (non-hydrogen) atoms. The minimum atomic E-state index is -0.498. The average molecular weight is 600 g/mol. The fourth-order valence-electron chi connectivity index (χ4n) is 5.68. The molecular formula is C32H45N3O4S2. The number of nitrogens with zero attached hydrogens (tertiary/aromatic N) is 2. The first kappa shape index (κ1) is 31.9. The average Bonchev–Trinajstić information content (AvgIpc) is 3.37. The number of ketones is 2. The minimum Gasteiger partial charge on any atom is -0.381 e. The summed E-state index contributed by atoms with van der Waals surface area (Å²) in [6.45, 7) is 13.9. The van der Waals surface area contributed by atoms with E-state index in [1.165, 1.54) is 12.5 Å². The van der Waals surface area contributed by atoms with Crippen LogP contribution in [0.15, 0.2) is 30.4 Å². The predicted molar refractivity (Wildman–Crippen MR) is 169 cm³/mol. The summed E-state index contributed by atoms with van der Waals surface area (Å²) in [7, 11) is 0. The topological polar surface area (TPSA) is 88.6 Å². The summed E-state index contributed by atoms with van der Waals surface area (Å²) < 4.78 is 6.69. The summed E-state index contributed by atoms with van der Waals surface area (Å²) in [5, 5.41) is 4.15. The molecule has 0 unspecified atom stereocenters. The second-order valence-electron chi connectivity index (χ2n) is 11.8. The molecule has 3 heterocycles. The molecular weight excluding hydrogens is 555 g/mol. The molecule has 0 saturated carbocycles. The molecule has 2 aliphatic heterocycles. The largest absolute Gasteiger partial charge is 0.381 e. The van der Waals surface area contributed by atoms with Gasteiger partial charge in [-0.1, -0.05) is 26.5 Å². The molecule has 9 heteroatoms. The van der Waals surface area contributed by atoms with Crippen LogP contribution in [0.3, 0.4) is 0 Å². The van der Waals surface area contributed by atoms with Crippen LogP contribution >= 0.6 is 23.1 Å². The highest BCUT2D eigenvalue weighted by atomic mass is 32.2. The summed E-state index contributed by atoms with van der Waals surface area (Å²) in [5.41, 5.74) is 2.84. The van der Waals surface area contributed by atoms with Crippen LogP contribution in [-0.2, 0) is 25.5 Å². The molecule has 1 amide bonds. The van der Waals surface area contributed by atoms with Gasteiger partial charge in [0.25, 0.3) is 0 Å². The highest BCUT2D eigenvalue weighted by Crippen LogP contribution is 2.29. The van der Waals surface area contributed by atoms with E-state index in [0.717, 1.165) is 52.7 Å². The highest BCUT2D eigenvalue weighted by Gasteiger charge is 2.30. The molecule has 1 aromatic carbocycles. The van der Waals surface area contributed by atoms with Crippen LogP contribution < -0.4 is 5.32 Å². The number of thioether (sulfide) groups is 1. The van der Waals surface area contributed by atoms with Crippen molar-refractivity contribution in [1.29, 1.82) is 0 Å². The van der Waals surface area contributed by atoms with Crippen molar-refractivity contribution in [3.63, 3.8) is 0 Å². The second-order valence-corrected chi connectivity index (χ2v) is 14.2. The zero-order valence-electron chi connectivity index (χ0n) is 24.8. The number of amides is 1. The number of carbonyl (C=O) groups is 3. The molecule has 1 N–H and O–H groups in total. The zero-order chi connectivity index (χ0) is 29.4. The molecule has 1 aromatic heterocycles. The minimum absolute atomic E-state index is 0.0152. The molecule has 0 aliphatic carbocycles. The van der Waals surface area contributed by atoms with Crippen molar-refractivity contribution in [2.75, 3.05) is 44.4 Å². The SMILES string of the molecule is C=C(CN1CCSCC1)C(=O)CC[C@@H](NC(=O)[C@@H](CC(C)=O)Cc1nc2ccc(C(C)C)cc2s1)C1CCOCC1. The molecule has 0 spiro atoms. The lowest BCUT2D eigenvalue weighted by Crippen LogP contribution is -2.45. The number of benzene rings is 1. The number of rotatable bonds is 14. The van der Waals surface area contributed by atoms with Gasteiger partial charge in [0.1, 0.15) is 5.78 Å². The first-order valence-corrected chi connectivity index (χ1v) is 16.9. The maximum atomic E-state index is 13.7. The van der Waals surface area contributed by atoms with Gasteiger partial charge in [-0.05, 0) is 55.7 Å². The molecule has 2 aromatic rings. The lowest BCUT2D eigenvalue weighted by Gasteiger charge is -2.32. The van der Waals surface area contributed by atoms with E-state index in [-0.39, 0.29) is 35.9 Å². The number of nitrogens with one attached hydrogen (secondary N) is 1. The number of fused-ring (bicyclic) bond motifs is 1.